The van der Waals surface area contributed by atoms with E-state index in [9.17, 15) is 9.59 Å². The van der Waals surface area contributed by atoms with Crippen molar-refractivity contribution in [1.29, 1.82) is 0 Å². The largest absolute Gasteiger partial charge is 0.494 e. The first-order valence-corrected chi connectivity index (χ1v) is 8.56. The average Bonchev–Trinajstić information content (AvgIpc) is 2.61. The number of esters is 1. The van der Waals surface area contributed by atoms with Crippen LogP contribution in [0.25, 0.3) is 6.08 Å². The van der Waals surface area contributed by atoms with Gasteiger partial charge in [-0.1, -0.05) is 18.7 Å². The molecule has 5 nitrogen and oxygen atoms in total. The Morgan fingerprint density at radius 2 is 1.88 bits per heavy atom. The molecule has 0 N–H and O–H groups in total. The number of rotatable bonds is 6. The zero-order valence-electron chi connectivity index (χ0n) is 14.9. The number of ether oxygens (including phenoxy) is 2. The number of amides is 1. The molecule has 1 aromatic rings. The molecule has 5 heteroatoms. The van der Waals surface area contributed by atoms with Crippen molar-refractivity contribution >= 4 is 18.0 Å². The van der Waals surface area contributed by atoms with Crippen LogP contribution in [0.3, 0.4) is 0 Å². The monoisotopic (exact) mass is 343 g/mol. The number of benzene rings is 1. The van der Waals surface area contributed by atoms with Crippen molar-refractivity contribution in [3.63, 3.8) is 0 Å². The Balaban J connectivity index is 1.81. The maximum Gasteiger partial charge on any atom is 0.333 e. The minimum absolute atomic E-state index is 0.0291. The second kappa shape index (κ2) is 9.06. The highest BCUT2D eigenvalue weighted by Gasteiger charge is 2.24. The van der Waals surface area contributed by atoms with Crippen LogP contribution in [0.1, 0.15) is 32.3 Å². The summed E-state index contributed by atoms with van der Waals surface area (Å²) in [6.45, 7) is 8.95. The van der Waals surface area contributed by atoms with Crippen LogP contribution in [0.5, 0.6) is 5.75 Å². The smallest absolute Gasteiger partial charge is 0.333 e. The van der Waals surface area contributed by atoms with Crippen LogP contribution in [0, 0.1) is 0 Å². The van der Waals surface area contributed by atoms with Gasteiger partial charge in [-0.25, -0.2) is 4.79 Å². The Hall–Kier alpha value is -2.56. The van der Waals surface area contributed by atoms with Gasteiger partial charge in [-0.05, 0) is 37.6 Å². The number of carbonyl (C=O) groups excluding carboxylic acids is 2. The van der Waals surface area contributed by atoms with Gasteiger partial charge in [-0.2, -0.15) is 0 Å². The average molecular weight is 343 g/mol. The highest BCUT2D eigenvalue weighted by Crippen LogP contribution is 2.16. The molecule has 25 heavy (non-hydrogen) atoms. The summed E-state index contributed by atoms with van der Waals surface area (Å²) in [5.41, 5.74) is 1.35. The first-order chi connectivity index (χ1) is 12.0. The molecule has 0 bridgehead atoms. The van der Waals surface area contributed by atoms with Crippen LogP contribution in [-0.4, -0.2) is 42.6 Å². The first-order valence-electron chi connectivity index (χ1n) is 8.56. The number of nitrogens with zero attached hydrogens (tertiary/aromatic N) is 1. The van der Waals surface area contributed by atoms with Gasteiger partial charge in [0.05, 0.1) is 6.61 Å². The van der Waals surface area contributed by atoms with Crippen LogP contribution < -0.4 is 4.74 Å². The summed E-state index contributed by atoms with van der Waals surface area (Å²) in [7, 11) is 0. The molecule has 2 rings (SSSR count). The quantitative estimate of drug-likeness (QED) is 0.588. The number of likely N-dealkylation sites (tertiary alicyclic amines) is 1. The third-order valence-corrected chi connectivity index (χ3v) is 3.99. The molecule has 0 spiro atoms. The van der Waals surface area contributed by atoms with Crippen LogP contribution >= 0.6 is 0 Å². The Bertz CT molecular complexity index is 640. The lowest BCUT2D eigenvalue weighted by atomic mass is 10.1. The van der Waals surface area contributed by atoms with Crippen molar-refractivity contribution in [1.82, 2.24) is 4.90 Å². The van der Waals surface area contributed by atoms with Gasteiger partial charge in [0, 0.05) is 37.6 Å². The van der Waals surface area contributed by atoms with Crippen molar-refractivity contribution in [3.8, 4) is 5.75 Å². The van der Waals surface area contributed by atoms with E-state index in [0.717, 1.165) is 11.3 Å². The maximum absolute atomic E-state index is 12.3. The number of piperidine rings is 1. The Morgan fingerprint density at radius 1 is 1.24 bits per heavy atom. The van der Waals surface area contributed by atoms with E-state index >= 15 is 0 Å². The highest BCUT2D eigenvalue weighted by molar-refractivity contribution is 5.92. The zero-order valence-corrected chi connectivity index (χ0v) is 14.9. The van der Waals surface area contributed by atoms with Crippen molar-refractivity contribution in [2.24, 2.45) is 0 Å². The van der Waals surface area contributed by atoms with E-state index in [0.29, 0.717) is 38.1 Å². The van der Waals surface area contributed by atoms with Crippen LogP contribution in [-0.2, 0) is 14.3 Å². The normalized spacial score (nSPS) is 15.2. The summed E-state index contributed by atoms with van der Waals surface area (Å²) >= 11 is 0. The second-order valence-electron chi connectivity index (χ2n) is 6.05. The topological polar surface area (TPSA) is 55.8 Å². The molecule has 1 aliphatic heterocycles. The standard InChI is InChI=1S/C20H25NO4/c1-4-24-17-8-5-16(6-9-17)7-10-19(22)21-13-11-18(12-14-21)25-20(23)15(2)3/h5-10,18H,2,4,11-14H2,1,3H3/b10-7+. The van der Waals surface area contributed by atoms with E-state index in [4.69, 9.17) is 9.47 Å². The van der Waals surface area contributed by atoms with E-state index in [1.165, 1.54) is 0 Å². The molecule has 0 atom stereocenters. The van der Waals surface area contributed by atoms with E-state index in [1.54, 1.807) is 24.0 Å². The van der Waals surface area contributed by atoms with Gasteiger partial charge in [0.15, 0.2) is 0 Å². The Morgan fingerprint density at radius 3 is 2.44 bits per heavy atom. The predicted octanol–water partition coefficient (Wildman–Crippen LogP) is 3.21. The predicted molar refractivity (Wildman–Crippen MR) is 97.2 cm³/mol. The lowest BCUT2D eigenvalue weighted by Gasteiger charge is -2.31. The minimum Gasteiger partial charge on any atom is -0.494 e. The lowest BCUT2D eigenvalue weighted by Crippen LogP contribution is -2.40. The minimum atomic E-state index is -0.361. The third-order valence-electron chi connectivity index (χ3n) is 3.99. The zero-order chi connectivity index (χ0) is 18.2. The molecule has 1 saturated heterocycles. The molecular weight excluding hydrogens is 318 g/mol. The summed E-state index contributed by atoms with van der Waals surface area (Å²) in [4.78, 5) is 25.6. The molecule has 0 aromatic heterocycles. The van der Waals surface area contributed by atoms with Gasteiger partial charge in [0.2, 0.25) is 5.91 Å². The number of carbonyl (C=O) groups is 2. The van der Waals surface area contributed by atoms with Gasteiger partial charge in [-0.3, -0.25) is 4.79 Å². The third kappa shape index (κ3) is 5.78. The van der Waals surface area contributed by atoms with Crippen LogP contribution in [0.4, 0.5) is 0 Å². The molecule has 134 valence electrons. The number of hydrogen-bond acceptors (Lipinski definition) is 4. The van der Waals surface area contributed by atoms with E-state index < -0.39 is 0 Å². The fraction of sp³-hybridized carbons (Fsp3) is 0.400. The highest BCUT2D eigenvalue weighted by atomic mass is 16.5. The van der Waals surface area contributed by atoms with Crippen molar-refractivity contribution in [2.75, 3.05) is 19.7 Å². The molecule has 1 heterocycles. The van der Waals surface area contributed by atoms with E-state index in [1.807, 2.05) is 31.2 Å². The maximum atomic E-state index is 12.3. The molecule has 0 saturated carbocycles. The summed E-state index contributed by atoms with van der Waals surface area (Å²) < 4.78 is 10.7. The second-order valence-corrected chi connectivity index (χ2v) is 6.05. The van der Waals surface area contributed by atoms with Crippen molar-refractivity contribution in [3.05, 3.63) is 48.1 Å². The molecular formula is C20H25NO4. The van der Waals surface area contributed by atoms with Crippen LogP contribution in [0.2, 0.25) is 0 Å². The van der Waals surface area contributed by atoms with Crippen molar-refractivity contribution < 1.29 is 19.1 Å². The number of hydrogen-bond donors (Lipinski definition) is 0. The summed E-state index contributed by atoms with van der Waals surface area (Å²) in [6.07, 6.45) is 4.55. The van der Waals surface area contributed by atoms with Crippen molar-refractivity contribution in [2.45, 2.75) is 32.8 Å². The molecule has 1 aromatic carbocycles. The van der Waals surface area contributed by atoms with Gasteiger partial charge in [0.1, 0.15) is 11.9 Å². The van der Waals surface area contributed by atoms with Gasteiger partial charge in [-0.15, -0.1) is 0 Å². The lowest BCUT2D eigenvalue weighted by molar-refractivity contribution is -0.147. The summed E-state index contributed by atoms with van der Waals surface area (Å²) in [5.74, 6) is 0.427. The molecule has 0 radical (unpaired) electrons. The SMILES string of the molecule is C=C(C)C(=O)OC1CCN(C(=O)/C=C/c2ccc(OCC)cc2)CC1. The van der Waals surface area contributed by atoms with Gasteiger partial charge < -0.3 is 14.4 Å². The van der Waals surface area contributed by atoms with Crippen LogP contribution in [0.15, 0.2) is 42.5 Å². The molecule has 0 unspecified atom stereocenters. The fourth-order valence-electron chi connectivity index (χ4n) is 2.56. The molecule has 1 aliphatic rings. The first kappa shape index (κ1) is 18.8. The van der Waals surface area contributed by atoms with Gasteiger partial charge in [0.25, 0.3) is 0 Å². The Kier molecular flexibility index (Phi) is 6.81. The van der Waals surface area contributed by atoms with E-state index in [2.05, 4.69) is 6.58 Å². The molecule has 0 aliphatic carbocycles. The van der Waals surface area contributed by atoms with E-state index in [-0.39, 0.29) is 18.0 Å². The fourth-order valence-corrected chi connectivity index (χ4v) is 2.56. The molecule has 1 amide bonds. The molecule has 1 fully saturated rings. The Labute approximate surface area is 148 Å². The summed E-state index contributed by atoms with van der Waals surface area (Å²) in [5, 5.41) is 0. The van der Waals surface area contributed by atoms with Gasteiger partial charge >= 0.3 is 5.97 Å². The summed E-state index contributed by atoms with van der Waals surface area (Å²) in [6, 6.07) is 7.60.